The highest BCUT2D eigenvalue weighted by Gasteiger charge is 2.20. The zero-order valence-corrected chi connectivity index (χ0v) is 10.6. The molecule has 1 aliphatic rings. The van der Waals surface area contributed by atoms with Crippen molar-refractivity contribution < 1.29 is 13.5 Å². The van der Waals surface area contributed by atoms with Crippen molar-refractivity contribution in [1.82, 2.24) is 5.32 Å². The first-order valence-electron chi connectivity index (χ1n) is 6.44. The Morgan fingerprint density at radius 2 is 2.00 bits per heavy atom. The monoisotopic (exact) mass is 255 g/mol. The third-order valence-corrected chi connectivity index (χ3v) is 3.41. The van der Waals surface area contributed by atoms with Gasteiger partial charge in [0.1, 0.15) is 11.6 Å². The van der Waals surface area contributed by atoms with Gasteiger partial charge in [0.15, 0.2) is 0 Å². The first kappa shape index (κ1) is 13.4. The molecule has 18 heavy (non-hydrogen) atoms. The molecule has 0 aromatic heterocycles. The van der Waals surface area contributed by atoms with Crippen molar-refractivity contribution in [2.45, 2.75) is 37.8 Å². The van der Waals surface area contributed by atoms with Crippen LogP contribution in [0, 0.1) is 11.6 Å². The van der Waals surface area contributed by atoms with Gasteiger partial charge in [0.25, 0.3) is 0 Å². The van der Waals surface area contributed by atoms with Crippen molar-refractivity contribution >= 4 is 0 Å². The molecule has 0 amide bonds. The molecular formula is C14H19F2NO. The number of hydrogen-bond donors (Lipinski definition) is 1. The smallest absolute Gasteiger partial charge is 0.126 e. The van der Waals surface area contributed by atoms with Gasteiger partial charge in [0.2, 0.25) is 0 Å². The van der Waals surface area contributed by atoms with Gasteiger partial charge in [0, 0.05) is 18.7 Å². The third kappa shape index (κ3) is 3.50. The molecule has 1 heterocycles. The van der Waals surface area contributed by atoms with Crippen LogP contribution in [0.1, 0.15) is 37.3 Å². The van der Waals surface area contributed by atoms with Gasteiger partial charge in [-0.15, -0.1) is 0 Å². The van der Waals surface area contributed by atoms with E-state index in [0.717, 1.165) is 31.9 Å². The summed E-state index contributed by atoms with van der Waals surface area (Å²) in [6.07, 6.45) is 4.23. The van der Waals surface area contributed by atoms with Crippen LogP contribution < -0.4 is 5.32 Å². The molecule has 0 radical (unpaired) electrons. The van der Waals surface area contributed by atoms with Crippen LogP contribution in [0.15, 0.2) is 18.2 Å². The van der Waals surface area contributed by atoms with Gasteiger partial charge in [-0.3, -0.25) is 0 Å². The number of nitrogens with one attached hydrogen (secondary N) is 1. The van der Waals surface area contributed by atoms with Crippen molar-refractivity contribution in [1.29, 1.82) is 0 Å². The van der Waals surface area contributed by atoms with E-state index in [1.807, 2.05) is 0 Å². The minimum absolute atomic E-state index is 0.0710. The highest BCUT2D eigenvalue weighted by molar-refractivity contribution is 5.21. The highest BCUT2D eigenvalue weighted by Crippen LogP contribution is 2.25. The summed E-state index contributed by atoms with van der Waals surface area (Å²) >= 11 is 0. The van der Waals surface area contributed by atoms with E-state index in [9.17, 15) is 8.78 Å². The Kier molecular flexibility index (Phi) is 4.66. The molecule has 100 valence electrons. The Bertz CT molecular complexity index is 371. The van der Waals surface area contributed by atoms with Gasteiger partial charge >= 0.3 is 0 Å². The van der Waals surface area contributed by atoms with E-state index >= 15 is 0 Å². The Morgan fingerprint density at radius 1 is 1.28 bits per heavy atom. The number of hydrogen-bond acceptors (Lipinski definition) is 2. The quantitative estimate of drug-likeness (QED) is 0.892. The maximum Gasteiger partial charge on any atom is 0.126 e. The summed E-state index contributed by atoms with van der Waals surface area (Å²) in [5, 5.41) is 3.11. The molecule has 0 saturated carbocycles. The normalized spacial score (nSPS) is 21.8. The lowest BCUT2D eigenvalue weighted by molar-refractivity contribution is 0.00544. The minimum Gasteiger partial charge on any atom is -0.378 e. The van der Waals surface area contributed by atoms with Crippen LogP contribution in [-0.2, 0) is 4.74 Å². The fourth-order valence-corrected chi connectivity index (χ4v) is 2.45. The molecule has 1 aromatic rings. The Morgan fingerprint density at radius 3 is 2.56 bits per heavy atom. The standard InChI is InChI=1S/C14H19F2NO/c1-17-14(9-13-4-2-3-5-18-13)10-6-11(15)8-12(16)7-10/h6-8,13-14,17H,2-5,9H2,1H3. The lowest BCUT2D eigenvalue weighted by atomic mass is 9.96. The van der Waals surface area contributed by atoms with E-state index in [2.05, 4.69) is 5.32 Å². The zero-order valence-electron chi connectivity index (χ0n) is 10.6. The van der Waals surface area contributed by atoms with E-state index in [1.165, 1.54) is 18.6 Å². The summed E-state index contributed by atoms with van der Waals surface area (Å²) in [6.45, 7) is 0.790. The Labute approximate surface area is 106 Å². The van der Waals surface area contributed by atoms with Crippen molar-refractivity contribution in [3.05, 3.63) is 35.4 Å². The van der Waals surface area contributed by atoms with Crippen molar-refractivity contribution in [2.75, 3.05) is 13.7 Å². The third-order valence-electron chi connectivity index (χ3n) is 3.41. The van der Waals surface area contributed by atoms with Gasteiger partial charge in [-0.1, -0.05) is 0 Å². The maximum atomic E-state index is 13.2. The minimum atomic E-state index is -0.533. The van der Waals surface area contributed by atoms with Crippen LogP contribution in [0.4, 0.5) is 8.78 Å². The molecule has 1 fully saturated rings. The second kappa shape index (κ2) is 6.25. The fourth-order valence-electron chi connectivity index (χ4n) is 2.45. The van der Waals surface area contributed by atoms with Crippen LogP contribution in [0.2, 0.25) is 0 Å². The largest absolute Gasteiger partial charge is 0.378 e. The number of ether oxygens (including phenoxy) is 1. The molecule has 0 aliphatic carbocycles. The van der Waals surface area contributed by atoms with E-state index < -0.39 is 11.6 Å². The second-order valence-electron chi connectivity index (χ2n) is 4.77. The van der Waals surface area contributed by atoms with Crippen molar-refractivity contribution in [3.8, 4) is 0 Å². The van der Waals surface area contributed by atoms with Crippen LogP contribution in [0.25, 0.3) is 0 Å². The molecular weight excluding hydrogens is 236 g/mol. The predicted octanol–water partition coefficient (Wildman–Crippen LogP) is 3.18. The highest BCUT2D eigenvalue weighted by atomic mass is 19.1. The molecule has 1 N–H and O–H groups in total. The molecule has 2 rings (SSSR count). The van der Waals surface area contributed by atoms with Gasteiger partial charge in [-0.25, -0.2) is 8.78 Å². The van der Waals surface area contributed by atoms with Crippen molar-refractivity contribution in [2.24, 2.45) is 0 Å². The van der Waals surface area contributed by atoms with Gasteiger partial charge < -0.3 is 10.1 Å². The molecule has 2 nitrogen and oxygen atoms in total. The number of halogens is 2. The first-order chi connectivity index (χ1) is 8.69. The van der Waals surface area contributed by atoms with E-state index in [-0.39, 0.29) is 12.1 Å². The van der Waals surface area contributed by atoms with Crippen LogP contribution in [0.3, 0.4) is 0 Å². The SMILES string of the molecule is CNC(CC1CCCCO1)c1cc(F)cc(F)c1. The maximum absolute atomic E-state index is 13.2. The summed E-state index contributed by atoms with van der Waals surface area (Å²) in [5.74, 6) is -1.07. The molecule has 2 atom stereocenters. The topological polar surface area (TPSA) is 21.3 Å². The molecule has 0 spiro atoms. The Balaban J connectivity index is 2.06. The van der Waals surface area contributed by atoms with Crippen molar-refractivity contribution in [3.63, 3.8) is 0 Å². The molecule has 2 unspecified atom stereocenters. The van der Waals surface area contributed by atoms with E-state index in [0.29, 0.717) is 5.56 Å². The van der Waals surface area contributed by atoms with Crippen LogP contribution >= 0.6 is 0 Å². The molecule has 1 aromatic carbocycles. The first-order valence-corrected chi connectivity index (χ1v) is 6.44. The number of rotatable bonds is 4. The zero-order chi connectivity index (χ0) is 13.0. The summed E-state index contributed by atoms with van der Waals surface area (Å²) in [6, 6.07) is 3.59. The van der Waals surface area contributed by atoms with Crippen LogP contribution in [-0.4, -0.2) is 19.8 Å². The van der Waals surface area contributed by atoms with E-state index in [4.69, 9.17) is 4.74 Å². The van der Waals surface area contributed by atoms with Gasteiger partial charge in [-0.2, -0.15) is 0 Å². The van der Waals surface area contributed by atoms with Gasteiger partial charge in [-0.05, 0) is 50.4 Å². The lowest BCUT2D eigenvalue weighted by Crippen LogP contribution is -2.27. The lowest BCUT2D eigenvalue weighted by Gasteiger charge is -2.27. The second-order valence-corrected chi connectivity index (χ2v) is 4.77. The van der Waals surface area contributed by atoms with Crippen LogP contribution in [0.5, 0.6) is 0 Å². The molecule has 0 bridgehead atoms. The summed E-state index contributed by atoms with van der Waals surface area (Å²) in [4.78, 5) is 0. The average Bonchev–Trinajstić information content (AvgIpc) is 2.36. The molecule has 1 aliphatic heterocycles. The fraction of sp³-hybridized carbons (Fsp3) is 0.571. The summed E-state index contributed by atoms with van der Waals surface area (Å²) in [7, 11) is 1.80. The van der Waals surface area contributed by atoms with Gasteiger partial charge in [0.05, 0.1) is 6.10 Å². The predicted molar refractivity (Wildman–Crippen MR) is 66.4 cm³/mol. The molecule has 4 heteroatoms. The number of benzene rings is 1. The van der Waals surface area contributed by atoms with E-state index in [1.54, 1.807) is 7.05 Å². The Hall–Kier alpha value is -1.00. The molecule has 1 saturated heterocycles. The summed E-state index contributed by atoms with van der Waals surface area (Å²) in [5.41, 5.74) is 0.643. The summed E-state index contributed by atoms with van der Waals surface area (Å²) < 4.78 is 32.1. The average molecular weight is 255 g/mol.